The molecule has 0 N–H and O–H groups in total. The van der Waals surface area contributed by atoms with E-state index in [0.29, 0.717) is 12.5 Å². The molecule has 26 heavy (non-hydrogen) atoms. The summed E-state index contributed by atoms with van der Waals surface area (Å²) in [4.78, 5) is 8.07. The summed E-state index contributed by atoms with van der Waals surface area (Å²) >= 11 is 1.87. The Morgan fingerprint density at radius 1 is 1.19 bits per heavy atom. The van der Waals surface area contributed by atoms with Crippen molar-refractivity contribution in [3.63, 3.8) is 0 Å². The van der Waals surface area contributed by atoms with E-state index in [1.165, 1.54) is 10.4 Å². The molecular formula is C18H25N7S. The second-order valence-corrected chi connectivity index (χ2v) is 7.89. The van der Waals surface area contributed by atoms with Crippen molar-refractivity contribution in [2.24, 2.45) is 0 Å². The van der Waals surface area contributed by atoms with Gasteiger partial charge in [-0.3, -0.25) is 4.90 Å². The molecule has 1 fully saturated rings. The van der Waals surface area contributed by atoms with Gasteiger partial charge in [-0.2, -0.15) is 5.10 Å². The molecular weight excluding hydrogens is 346 g/mol. The minimum absolute atomic E-state index is 0.493. The summed E-state index contributed by atoms with van der Waals surface area (Å²) < 4.78 is 4.05. The van der Waals surface area contributed by atoms with Crippen LogP contribution in [0.15, 0.2) is 24.1 Å². The molecule has 0 aromatic carbocycles. The second-order valence-electron chi connectivity index (χ2n) is 6.89. The molecule has 1 saturated heterocycles. The summed E-state index contributed by atoms with van der Waals surface area (Å²) in [6.07, 6.45) is 5.57. The molecule has 4 rings (SSSR count). The molecule has 0 bridgehead atoms. The van der Waals surface area contributed by atoms with Crippen LogP contribution in [0.5, 0.6) is 0 Å². The average Bonchev–Trinajstić information content (AvgIpc) is 3.39. The lowest BCUT2D eigenvalue weighted by molar-refractivity contribution is 0.201. The van der Waals surface area contributed by atoms with Gasteiger partial charge in [-0.15, -0.1) is 21.5 Å². The molecule has 1 aliphatic rings. The summed E-state index contributed by atoms with van der Waals surface area (Å²) in [6, 6.07) is 2.22. The molecule has 3 aromatic rings. The molecule has 0 radical (unpaired) electrons. The van der Waals surface area contributed by atoms with Crippen LogP contribution in [-0.4, -0.2) is 47.5 Å². The van der Waals surface area contributed by atoms with Crippen molar-refractivity contribution in [3.05, 3.63) is 46.2 Å². The average molecular weight is 372 g/mol. The van der Waals surface area contributed by atoms with Gasteiger partial charge in [0.1, 0.15) is 25.0 Å². The first-order chi connectivity index (χ1) is 12.7. The smallest absolute Gasteiger partial charge is 0.154 e. The van der Waals surface area contributed by atoms with Crippen LogP contribution in [0.2, 0.25) is 0 Å². The van der Waals surface area contributed by atoms with Gasteiger partial charge in [-0.05, 0) is 56.8 Å². The summed E-state index contributed by atoms with van der Waals surface area (Å²) in [6.45, 7) is 9.20. The van der Waals surface area contributed by atoms with Gasteiger partial charge in [-0.25, -0.2) is 9.67 Å². The van der Waals surface area contributed by atoms with E-state index in [4.69, 9.17) is 0 Å². The lowest BCUT2D eigenvalue weighted by Crippen LogP contribution is -2.33. The molecule has 4 heterocycles. The normalized spacial score (nSPS) is 16.4. The predicted molar refractivity (Wildman–Crippen MR) is 101 cm³/mol. The van der Waals surface area contributed by atoms with Crippen molar-refractivity contribution in [2.75, 3.05) is 13.1 Å². The van der Waals surface area contributed by atoms with Crippen molar-refractivity contribution < 1.29 is 0 Å². The highest BCUT2D eigenvalue weighted by Crippen LogP contribution is 2.29. The Bertz CT molecular complexity index is 828. The van der Waals surface area contributed by atoms with E-state index >= 15 is 0 Å². The molecule has 0 amide bonds. The third kappa shape index (κ3) is 3.57. The van der Waals surface area contributed by atoms with Gasteiger partial charge in [0.15, 0.2) is 5.82 Å². The first-order valence-corrected chi connectivity index (χ1v) is 10.1. The van der Waals surface area contributed by atoms with E-state index in [2.05, 4.69) is 55.0 Å². The second kappa shape index (κ2) is 7.67. The number of aryl methyl sites for hydroxylation is 1. The third-order valence-corrected chi connectivity index (χ3v) is 6.24. The van der Waals surface area contributed by atoms with E-state index in [1.807, 2.05) is 11.3 Å². The number of nitrogens with zero attached hydrogens (tertiary/aromatic N) is 7. The summed E-state index contributed by atoms with van der Waals surface area (Å²) in [5.41, 5.74) is 1.42. The molecule has 3 aromatic heterocycles. The molecule has 0 unspecified atom stereocenters. The van der Waals surface area contributed by atoms with Crippen LogP contribution < -0.4 is 0 Å². The molecule has 7 nitrogen and oxygen atoms in total. The minimum atomic E-state index is 0.493. The SMILES string of the molecule is CCn1c(Cn2cncn2)nnc1C1CCN(Cc2sccc2C)CC1. The Balaban J connectivity index is 1.41. The van der Waals surface area contributed by atoms with Crippen LogP contribution in [0.1, 0.15) is 47.8 Å². The van der Waals surface area contributed by atoms with Crippen molar-refractivity contribution in [2.45, 2.75) is 52.2 Å². The number of hydrogen-bond donors (Lipinski definition) is 0. The fourth-order valence-corrected chi connectivity index (χ4v) is 4.64. The zero-order chi connectivity index (χ0) is 17.9. The van der Waals surface area contributed by atoms with Gasteiger partial charge < -0.3 is 4.57 Å². The maximum absolute atomic E-state index is 4.54. The quantitative estimate of drug-likeness (QED) is 0.667. The highest BCUT2D eigenvalue weighted by atomic mass is 32.1. The van der Waals surface area contributed by atoms with Crippen LogP contribution >= 0.6 is 11.3 Å². The first-order valence-electron chi connectivity index (χ1n) is 9.24. The van der Waals surface area contributed by atoms with E-state index in [0.717, 1.165) is 50.7 Å². The van der Waals surface area contributed by atoms with Gasteiger partial charge in [0.2, 0.25) is 0 Å². The van der Waals surface area contributed by atoms with Crippen LogP contribution in [0.25, 0.3) is 0 Å². The maximum Gasteiger partial charge on any atom is 0.154 e. The lowest BCUT2D eigenvalue weighted by atomic mass is 9.95. The number of thiophene rings is 1. The monoisotopic (exact) mass is 371 g/mol. The van der Waals surface area contributed by atoms with E-state index < -0.39 is 0 Å². The highest BCUT2D eigenvalue weighted by molar-refractivity contribution is 7.10. The zero-order valence-electron chi connectivity index (χ0n) is 15.4. The summed E-state index contributed by atoms with van der Waals surface area (Å²) in [7, 11) is 0. The number of hydrogen-bond acceptors (Lipinski definition) is 6. The Morgan fingerprint density at radius 3 is 2.69 bits per heavy atom. The van der Waals surface area contributed by atoms with Gasteiger partial charge in [0.05, 0.1) is 0 Å². The number of rotatable bonds is 6. The number of aromatic nitrogens is 6. The van der Waals surface area contributed by atoms with E-state index in [-0.39, 0.29) is 0 Å². The van der Waals surface area contributed by atoms with Gasteiger partial charge in [0.25, 0.3) is 0 Å². The van der Waals surface area contributed by atoms with Gasteiger partial charge in [-0.1, -0.05) is 0 Å². The fraction of sp³-hybridized carbons (Fsp3) is 0.556. The third-order valence-electron chi connectivity index (χ3n) is 5.23. The van der Waals surface area contributed by atoms with Crippen LogP contribution in [0.3, 0.4) is 0 Å². The van der Waals surface area contributed by atoms with E-state index in [9.17, 15) is 0 Å². The number of piperidine rings is 1. The Hall–Kier alpha value is -2.06. The van der Waals surface area contributed by atoms with Crippen molar-refractivity contribution in [1.82, 2.24) is 34.4 Å². The minimum Gasteiger partial charge on any atom is -0.313 e. The summed E-state index contributed by atoms with van der Waals surface area (Å²) in [5.74, 6) is 2.59. The lowest BCUT2D eigenvalue weighted by Gasteiger charge is -2.31. The van der Waals surface area contributed by atoms with E-state index in [1.54, 1.807) is 17.3 Å². The van der Waals surface area contributed by atoms with Crippen molar-refractivity contribution in [1.29, 1.82) is 0 Å². The summed E-state index contributed by atoms with van der Waals surface area (Å²) in [5, 5.41) is 15.4. The first kappa shape index (κ1) is 17.4. The van der Waals surface area contributed by atoms with Gasteiger partial charge >= 0.3 is 0 Å². The highest BCUT2D eigenvalue weighted by Gasteiger charge is 2.26. The molecule has 8 heteroatoms. The Morgan fingerprint density at radius 2 is 2.04 bits per heavy atom. The molecule has 1 aliphatic heterocycles. The molecule has 0 spiro atoms. The molecule has 0 saturated carbocycles. The largest absolute Gasteiger partial charge is 0.313 e. The maximum atomic E-state index is 4.54. The van der Waals surface area contributed by atoms with Crippen molar-refractivity contribution in [3.8, 4) is 0 Å². The Kier molecular flexibility index (Phi) is 5.12. The molecule has 0 atom stereocenters. The van der Waals surface area contributed by atoms with Crippen LogP contribution in [0.4, 0.5) is 0 Å². The zero-order valence-corrected chi connectivity index (χ0v) is 16.2. The number of likely N-dealkylation sites (tertiary alicyclic amines) is 1. The fourth-order valence-electron chi connectivity index (χ4n) is 3.69. The Labute approximate surface area is 157 Å². The predicted octanol–water partition coefficient (Wildman–Crippen LogP) is 2.69. The van der Waals surface area contributed by atoms with Gasteiger partial charge in [0, 0.05) is 23.9 Å². The molecule has 138 valence electrons. The topological polar surface area (TPSA) is 64.7 Å². The van der Waals surface area contributed by atoms with Crippen LogP contribution in [-0.2, 0) is 19.6 Å². The van der Waals surface area contributed by atoms with Crippen LogP contribution in [0, 0.1) is 6.92 Å². The molecule has 0 aliphatic carbocycles. The standard InChI is InChI=1S/C18H25N7S/c1-3-25-17(11-24-13-19-12-20-24)21-22-18(25)15-4-7-23(8-5-15)10-16-14(2)6-9-26-16/h6,9,12-13,15H,3-5,7-8,10-11H2,1-2H3. The van der Waals surface area contributed by atoms with Crippen molar-refractivity contribution >= 4 is 11.3 Å².